The van der Waals surface area contributed by atoms with E-state index in [2.05, 4.69) is 22.4 Å². The molecule has 0 spiro atoms. The molecule has 1 aromatic heterocycles. The Morgan fingerprint density at radius 1 is 1.47 bits per heavy atom. The summed E-state index contributed by atoms with van der Waals surface area (Å²) in [6.45, 7) is 3.70. The number of rotatable bonds is 6. The van der Waals surface area contributed by atoms with Crippen LogP contribution in [0.4, 0.5) is 0 Å². The highest BCUT2D eigenvalue weighted by atomic mass is 32.1. The molecular formula is C13H19NO2S. The van der Waals surface area contributed by atoms with E-state index in [1.54, 1.807) is 0 Å². The minimum absolute atomic E-state index is 0.0137. The van der Waals surface area contributed by atoms with Gasteiger partial charge in [0.25, 0.3) is 0 Å². The molecule has 17 heavy (non-hydrogen) atoms. The Bertz CT molecular complexity index is 352. The second kappa shape index (κ2) is 4.69. The van der Waals surface area contributed by atoms with Crippen molar-refractivity contribution in [3.05, 3.63) is 22.4 Å². The van der Waals surface area contributed by atoms with Crippen molar-refractivity contribution in [1.82, 2.24) is 4.90 Å². The molecule has 0 amide bonds. The third kappa shape index (κ3) is 2.55. The molecule has 3 nitrogen and oxygen atoms in total. The molecule has 2 heterocycles. The van der Waals surface area contributed by atoms with Crippen LogP contribution in [-0.2, 0) is 11.3 Å². The smallest absolute Gasteiger partial charge is 0.0579 e. The number of aliphatic hydroxyl groups is 1. The Morgan fingerprint density at radius 2 is 2.29 bits per heavy atom. The highest BCUT2D eigenvalue weighted by Crippen LogP contribution is 2.35. The van der Waals surface area contributed by atoms with Crippen LogP contribution in [0, 0.1) is 5.41 Å². The quantitative estimate of drug-likeness (QED) is 0.838. The van der Waals surface area contributed by atoms with E-state index in [-0.39, 0.29) is 12.0 Å². The van der Waals surface area contributed by atoms with Gasteiger partial charge in [-0.05, 0) is 24.3 Å². The van der Waals surface area contributed by atoms with Gasteiger partial charge in [0.15, 0.2) is 0 Å². The van der Waals surface area contributed by atoms with Crippen LogP contribution in [0.2, 0.25) is 0 Å². The molecule has 1 N–H and O–H groups in total. The number of hydrogen-bond acceptors (Lipinski definition) is 4. The summed E-state index contributed by atoms with van der Waals surface area (Å²) in [5, 5.41) is 11.6. The number of hydrogen-bond donors (Lipinski definition) is 1. The van der Waals surface area contributed by atoms with Gasteiger partial charge in [0.1, 0.15) is 0 Å². The maximum absolute atomic E-state index is 9.51. The number of nitrogens with zero attached hydrogens (tertiary/aromatic N) is 1. The molecule has 0 aromatic carbocycles. The van der Waals surface area contributed by atoms with Crippen molar-refractivity contribution < 1.29 is 9.84 Å². The van der Waals surface area contributed by atoms with Gasteiger partial charge in [-0.2, -0.15) is 0 Å². The first-order valence-electron chi connectivity index (χ1n) is 6.26. The first kappa shape index (κ1) is 11.7. The molecule has 94 valence electrons. The van der Waals surface area contributed by atoms with Crippen molar-refractivity contribution in [2.24, 2.45) is 5.41 Å². The molecule has 1 aliphatic heterocycles. The molecule has 1 aliphatic carbocycles. The van der Waals surface area contributed by atoms with Gasteiger partial charge < -0.3 is 9.84 Å². The topological polar surface area (TPSA) is 32.7 Å². The maximum Gasteiger partial charge on any atom is 0.0579 e. The van der Waals surface area contributed by atoms with Crippen LogP contribution in [0.5, 0.6) is 0 Å². The monoisotopic (exact) mass is 253 g/mol. The summed E-state index contributed by atoms with van der Waals surface area (Å²) in [5.74, 6) is 0. The van der Waals surface area contributed by atoms with Gasteiger partial charge in [0.05, 0.1) is 25.2 Å². The van der Waals surface area contributed by atoms with Crippen LogP contribution in [0.15, 0.2) is 17.5 Å². The van der Waals surface area contributed by atoms with Crippen LogP contribution in [0.3, 0.4) is 0 Å². The first-order chi connectivity index (χ1) is 8.31. The summed E-state index contributed by atoms with van der Waals surface area (Å²) in [6.07, 6.45) is 2.63. The molecule has 2 aliphatic rings. The standard InChI is InChI=1S/C13H19NO2S/c15-8-13(9-16-10-13)7-14(11-3-4-11)6-12-2-1-5-17-12/h1-2,5,11,15H,3-4,6-10H2. The Balaban J connectivity index is 1.64. The van der Waals surface area contributed by atoms with Crippen LogP contribution in [0.1, 0.15) is 17.7 Å². The van der Waals surface area contributed by atoms with E-state index in [1.807, 2.05) is 11.3 Å². The fourth-order valence-electron chi connectivity index (χ4n) is 2.41. The van der Waals surface area contributed by atoms with Gasteiger partial charge in [-0.15, -0.1) is 11.3 Å². The van der Waals surface area contributed by atoms with E-state index >= 15 is 0 Å². The van der Waals surface area contributed by atoms with Crippen LogP contribution < -0.4 is 0 Å². The van der Waals surface area contributed by atoms with Gasteiger partial charge in [-0.25, -0.2) is 0 Å². The van der Waals surface area contributed by atoms with E-state index < -0.39 is 0 Å². The van der Waals surface area contributed by atoms with E-state index in [9.17, 15) is 5.11 Å². The molecule has 0 atom stereocenters. The van der Waals surface area contributed by atoms with Crippen LogP contribution >= 0.6 is 11.3 Å². The van der Waals surface area contributed by atoms with Crippen LogP contribution in [0.25, 0.3) is 0 Å². The average Bonchev–Trinajstić information content (AvgIpc) is 3.01. The van der Waals surface area contributed by atoms with Gasteiger partial charge in [-0.1, -0.05) is 6.07 Å². The molecule has 0 radical (unpaired) electrons. The number of thiophene rings is 1. The van der Waals surface area contributed by atoms with Gasteiger partial charge in [-0.3, -0.25) is 4.90 Å². The molecular weight excluding hydrogens is 234 g/mol. The van der Waals surface area contributed by atoms with Crippen molar-refractivity contribution in [1.29, 1.82) is 0 Å². The predicted octanol–water partition coefficient (Wildman–Crippen LogP) is 1.72. The third-order valence-electron chi connectivity index (χ3n) is 3.69. The zero-order valence-electron chi connectivity index (χ0n) is 9.97. The fraction of sp³-hybridized carbons (Fsp3) is 0.692. The normalized spacial score (nSPS) is 22.7. The lowest BCUT2D eigenvalue weighted by Gasteiger charge is -2.43. The zero-order valence-corrected chi connectivity index (χ0v) is 10.8. The SMILES string of the molecule is OCC1(CN(Cc2cccs2)C2CC2)COC1. The molecule has 0 unspecified atom stereocenters. The van der Waals surface area contributed by atoms with E-state index in [4.69, 9.17) is 4.74 Å². The lowest BCUT2D eigenvalue weighted by Crippen LogP contribution is -2.53. The average molecular weight is 253 g/mol. The number of ether oxygens (including phenoxy) is 1. The first-order valence-corrected chi connectivity index (χ1v) is 7.14. The van der Waals surface area contributed by atoms with Crippen molar-refractivity contribution in [2.75, 3.05) is 26.4 Å². The summed E-state index contributed by atoms with van der Waals surface area (Å²) >= 11 is 1.82. The minimum atomic E-state index is 0.0137. The predicted molar refractivity (Wildman–Crippen MR) is 68.1 cm³/mol. The van der Waals surface area contributed by atoms with Crippen molar-refractivity contribution >= 4 is 11.3 Å². The van der Waals surface area contributed by atoms with Crippen LogP contribution in [-0.4, -0.2) is 42.4 Å². The second-order valence-corrected chi connectivity index (χ2v) is 6.40. The van der Waals surface area contributed by atoms with Crippen molar-refractivity contribution in [2.45, 2.75) is 25.4 Å². The van der Waals surface area contributed by atoms with Gasteiger partial charge >= 0.3 is 0 Å². The summed E-state index contributed by atoms with van der Waals surface area (Å²) in [6, 6.07) is 5.04. The Hall–Kier alpha value is -0.420. The highest BCUT2D eigenvalue weighted by Gasteiger charge is 2.42. The molecule has 0 bridgehead atoms. The van der Waals surface area contributed by atoms with Gasteiger partial charge in [0.2, 0.25) is 0 Å². The van der Waals surface area contributed by atoms with E-state index in [0.717, 1.165) is 32.3 Å². The highest BCUT2D eigenvalue weighted by molar-refractivity contribution is 7.09. The Labute approximate surface area is 106 Å². The minimum Gasteiger partial charge on any atom is -0.396 e. The second-order valence-electron chi connectivity index (χ2n) is 5.37. The molecule has 2 fully saturated rings. The van der Waals surface area contributed by atoms with E-state index in [1.165, 1.54) is 17.7 Å². The van der Waals surface area contributed by atoms with Crippen molar-refractivity contribution in [3.63, 3.8) is 0 Å². The van der Waals surface area contributed by atoms with E-state index in [0.29, 0.717) is 0 Å². The summed E-state index contributed by atoms with van der Waals surface area (Å²) in [7, 11) is 0. The lowest BCUT2D eigenvalue weighted by molar-refractivity contribution is -0.149. The Morgan fingerprint density at radius 3 is 2.76 bits per heavy atom. The third-order valence-corrected chi connectivity index (χ3v) is 4.55. The molecule has 1 saturated carbocycles. The molecule has 3 rings (SSSR count). The molecule has 1 saturated heterocycles. The fourth-order valence-corrected chi connectivity index (χ4v) is 3.14. The largest absolute Gasteiger partial charge is 0.396 e. The maximum atomic E-state index is 9.51. The lowest BCUT2D eigenvalue weighted by atomic mass is 9.86. The number of aliphatic hydroxyl groups excluding tert-OH is 1. The summed E-state index contributed by atoms with van der Waals surface area (Å²) in [5.41, 5.74) is 0.0137. The molecule has 4 heteroatoms. The van der Waals surface area contributed by atoms with Gasteiger partial charge in [0, 0.05) is 24.0 Å². The molecule has 1 aromatic rings. The summed E-state index contributed by atoms with van der Waals surface area (Å²) < 4.78 is 5.28. The zero-order chi connectivity index (χ0) is 11.7. The van der Waals surface area contributed by atoms with Crippen molar-refractivity contribution in [3.8, 4) is 0 Å². The summed E-state index contributed by atoms with van der Waals surface area (Å²) in [4.78, 5) is 3.95. The Kier molecular flexibility index (Phi) is 3.21.